The van der Waals surface area contributed by atoms with E-state index < -0.39 is 0 Å². The van der Waals surface area contributed by atoms with Gasteiger partial charge < -0.3 is 4.74 Å². The number of imidazole rings is 2. The van der Waals surface area contributed by atoms with E-state index in [0.29, 0.717) is 12.3 Å². The van der Waals surface area contributed by atoms with Crippen LogP contribution in [-0.4, -0.2) is 37.5 Å². The maximum absolute atomic E-state index is 11.6. The van der Waals surface area contributed by atoms with Crippen LogP contribution in [0.1, 0.15) is 38.6 Å². The predicted octanol–water partition coefficient (Wildman–Crippen LogP) is 3.62. The first kappa shape index (κ1) is 21.5. The molecule has 0 aromatic carbocycles. The second kappa shape index (κ2) is 9.41. The molecule has 148 valence electrons. The minimum absolute atomic E-state index is 0.250. The van der Waals surface area contributed by atoms with Crippen LogP contribution >= 0.6 is 22.7 Å². The van der Waals surface area contributed by atoms with Crippen molar-refractivity contribution in [3.05, 3.63) is 45.4 Å². The Morgan fingerprint density at radius 1 is 1.07 bits per heavy atom. The zero-order chi connectivity index (χ0) is 20.8. The molecule has 0 radical (unpaired) electrons. The summed E-state index contributed by atoms with van der Waals surface area (Å²) in [7, 11) is 0. The average molecular weight is 421 g/mol. The molecule has 4 aromatic heterocycles. The van der Waals surface area contributed by atoms with E-state index in [-0.39, 0.29) is 12.1 Å². The first-order chi connectivity index (χ1) is 13.3. The molecule has 0 bridgehead atoms. The molecular weight excluding hydrogens is 400 g/mol. The van der Waals surface area contributed by atoms with Gasteiger partial charge in [-0.3, -0.25) is 8.80 Å². The van der Waals surface area contributed by atoms with Gasteiger partial charge in [0.1, 0.15) is 0 Å². The van der Waals surface area contributed by atoms with Gasteiger partial charge in [0.15, 0.2) is 15.6 Å². The van der Waals surface area contributed by atoms with E-state index in [0.717, 1.165) is 15.6 Å². The average Bonchev–Trinajstić information content (AvgIpc) is 3.38. The molecule has 28 heavy (non-hydrogen) atoms. The zero-order valence-electron chi connectivity index (χ0n) is 16.2. The topological polar surface area (TPSA) is 95.0 Å². The third-order valence-electron chi connectivity index (χ3n) is 4.03. The normalized spacial score (nSPS) is 10.0. The number of ether oxygens (including phenoxy) is 1. The van der Waals surface area contributed by atoms with Crippen LogP contribution in [0.25, 0.3) is 9.92 Å². The summed E-state index contributed by atoms with van der Waals surface area (Å²) in [5, 5.41) is 0. The first-order valence-corrected chi connectivity index (χ1v) is 9.97. The van der Waals surface area contributed by atoms with Crippen LogP contribution in [0.3, 0.4) is 0 Å². The quantitative estimate of drug-likeness (QED) is 0.460. The van der Waals surface area contributed by atoms with Gasteiger partial charge in [0.05, 0.1) is 12.8 Å². The Kier molecular flexibility index (Phi) is 7.22. The number of thiazole rings is 2. The van der Waals surface area contributed by atoms with Crippen molar-refractivity contribution in [3.63, 3.8) is 0 Å². The molecule has 0 amide bonds. The van der Waals surface area contributed by atoms with Gasteiger partial charge in [0.25, 0.3) is 0 Å². The number of aryl methyl sites for hydroxylation is 4. The van der Waals surface area contributed by atoms with Crippen molar-refractivity contribution in [1.29, 1.82) is 0 Å². The van der Waals surface area contributed by atoms with Crippen molar-refractivity contribution in [2.45, 2.75) is 34.6 Å². The highest BCUT2D eigenvalue weighted by Crippen LogP contribution is 2.23. The van der Waals surface area contributed by atoms with Crippen LogP contribution in [0.2, 0.25) is 0 Å². The maximum Gasteiger partial charge on any atom is 0.373 e. The molecule has 0 aliphatic rings. The fourth-order valence-corrected chi connectivity index (χ4v) is 4.32. The minimum atomic E-state index is -0.314. The Bertz CT molecular complexity index is 1130. The summed E-state index contributed by atoms with van der Waals surface area (Å²) in [5.41, 5.74) is 2.86. The monoisotopic (exact) mass is 420 g/mol. The van der Waals surface area contributed by atoms with Gasteiger partial charge >= 0.3 is 12.1 Å². The van der Waals surface area contributed by atoms with Gasteiger partial charge in [-0.2, -0.15) is 9.59 Å². The minimum Gasteiger partial charge on any atom is -0.461 e. The fraction of sp³-hybridized carbons (Fsp3) is 0.333. The molecule has 0 aliphatic carbocycles. The van der Waals surface area contributed by atoms with Gasteiger partial charge in [-0.1, -0.05) is 0 Å². The Morgan fingerprint density at radius 2 is 1.68 bits per heavy atom. The molecule has 0 N–H and O–H groups in total. The lowest BCUT2D eigenvalue weighted by Gasteiger charge is -2.00. The molecule has 0 saturated carbocycles. The Morgan fingerprint density at radius 3 is 2.29 bits per heavy atom. The smallest absolute Gasteiger partial charge is 0.373 e. The standard InChI is InChI=1S/C10H12N2O2S.C7H8N2S.CO2/c1-4-14-9(13)8-5-11-10-12(8)6(2)7(3)15-10;1-5-6(2)10-7-8-3-4-9(5)7;2-1-3/h5H,4H2,1-3H3;3-4H,1-2H3;. The van der Waals surface area contributed by atoms with Crippen molar-refractivity contribution in [2.24, 2.45) is 0 Å². The van der Waals surface area contributed by atoms with Gasteiger partial charge in [-0.25, -0.2) is 14.8 Å². The Balaban J connectivity index is 0.000000186. The molecule has 0 fully saturated rings. The lowest BCUT2D eigenvalue weighted by atomic mass is 10.4. The molecule has 0 aliphatic heterocycles. The van der Waals surface area contributed by atoms with E-state index in [1.165, 1.54) is 15.4 Å². The number of carbonyl (C=O) groups is 1. The van der Waals surface area contributed by atoms with E-state index in [4.69, 9.17) is 14.3 Å². The summed E-state index contributed by atoms with van der Waals surface area (Å²) >= 11 is 3.32. The van der Waals surface area contributed by atoms with Crippen molar-refractivity contribution in [3.8, 4) is 0 Å². The summed E-state index contributed by atoms with van der Waals surface area (Å²) in [6.07, 6.45) is 5.64. The number of fused-ring (bicyclic) bond motifs is 2. The van der Waals surface area contributed by atoms with Gasteiger partial charge in [-0.05, 0) is 34.6 Å². The van der Waals surface area contributed by atoms with E-state index in [2.05, 4.69) is 28.2 Å². The number of rotatable bonds is 2. The number of carbonyl (C=O) groups excluding carboxylic acids is 3. The Labute approximate surface area is 169 Å². The van der Waals surface area contributed by atoms with Crippen molar-refractivity contribution >= 4 is 44.7 Å². The summed E-state index contributed by atoms with van der Waals surface area (Å²) in [6, 6.07) is 0. The van der Waals surface area contributed by atoms with Crippen molar-refractivity contribution < 1.29 is 19.1 Å². The van der Waals surface area contributed by atoms with Gasteiger partial charge in [0, 0.05) is 33.5 Å². The second-order valence-electron chi connectivity index (χ2n) is 5.63. The number of esters is 1. The molecule has 10 heteroatoms. The van der Waals surface area contributed by atoms with Crippen LogP contribution < -0.4 is 0 Å². The summed E-state index contributed by atoms with van der Waals surface area (Å²) in [5.74, 6) is -0.314. The van der Waals surface area contributed by atoms with Gasteiger partial charge in [-0.15, -0.1) is 22.7 Å². The number of hydrogen-bond acceptors (Lipinski definition) is 8. The molecule has 4 heterocycles. The van der Waals surface area contributed by atoms with Gasteiger partial charge in [0.2, 0.25) is 0 Å². The molecule has 0 atom stereocenters. The second-order valence-corrected chi connectivity index (χ2v) is 8.00. The molecule has 0 spiro atoms. The highest BCUT2D eigenvalue weighted by Gasteiger charge is 2.17. The highest BCUT2D eigenvalue weighted by atomic mass is 32.1. The van der Waals surface area contributed by atoms with Crippen LogP contribution in [0, 0.1) is 27.7 Å². The van der Waals surface area contributed by atoms with Crippen LogP contribution in [0.4, 0.5) is 0 Å². The number of aromatic nitrogens is 4. The largest absolute Gasteiger partial charge is 0.461 e. The van der Waals surface area contributed by atoms with E-state index in [1.807, 2.05) is 30.6 Å². The zero-order valence-corrected chi connectivity index (χ0v) is 17.8. The molecular formula is C18H20N4O4S2. The first-order valence-electron chi connectivity index (χ1n) is 8.34. The fourth-order valence-electron chi connectivity index (χ4n) is 2.45. The lowest BCUT2D eigenvalue weighted by molar-refractivity contribution is -0.191. The third kappa shape index (κ3) is 4.36. The summed E-state index contributed by atoms with van der Waals surface area (Å²) < 4.78 is 8.92. The van der Waals surface area contributed by atoms with Crippen LogP contribution in [0.15, 0.2) is 18.6 Å². The Hall–Kier alpha value is -2.81. The molecule has 4 rings (SSSR count). The van der Waals surface area contributed by atoms with Crippen molar-refractivity contribution in [2.75, 3.05) is 6.61 Å². The maximum atomic E-state index is 11.6. The van der Waals surface area contributed by atoms with Crippen LogP contribution in [-0.2, 0) is 14.3 Å². The molecule has 8 nitrogen and oxygen atoms in total. The lowest BCUT2D eigenvalue weighted by Crippen LogP contribution is -2.08. The molecule has 0 saturated heterocycles. The van der Waals surface area contributed by atoms with E-state index >= 15 is 0 Å². The summed E-state index contributed by atoms with van der Waals surface area (Å²) in [4.78, 5) is 40.7. The summed E-state index contributed by atoms with van der Waals surface area (Å²) in [6.45, 7) is 10.4. The number of nitrogens with zero attached hydrogens (tertiary/aromatic N) is 4. The molecule has 0 unspecified atom stereocenters. The highest BCUT2D eigenvalue weighted by molar-refractivity contribution is 7.17. The molecule has 4 aromatic rings. The van der Waals surface area contributed by atoms with E-state index in [9.17, 15) is 4.79 Å². The number of hydrogen-bond donors (Lipinski definition) is 0. The predicted molar refractivity (Wildman–Crippen MR) is 106 cm³/mol. The van der Waals surface area contributed by atoms with Crippen molar-refractivity contribution in [1.82, 2.24) is 18.8 Å². The van der Waals surface area contributed by atoms with Crippen LogP contribution in [0.5, 0.6) is 0 Å². The third-order valence-corrected chi connectivity index (χ3v) is 6.18. The SMILES string of the molecule is CCOC(=O)c1cnc2sc(C)c(C)n12.Cc1sc2nccn2c1C.O=C=O. The van der Waals surface area contributed by atoms with E-state index in [1.54, 1.807) is 35.8 Å².